The summed E-state index contributed by atoms with van der Waals surface area (Å²) in [6.45, 7) is 13.5. The molecule has 2 nitrogen and oxygen atoms in total. The first kappa shape index (κ1) is 11.5. The number of nitrogens with zero attached hydrogens (tertiary/aromatic N) is 1. The van der Waals surface area contributed by atoms with E-state index in [0.717, 1.165) is 13.0 Å². The average molecular weight is 197 g/mol. The molecule has 0 saturated carbocycles. The third kappa shape index (κ3) is 2.10. The number of amides is 1. The van der Waals surface area contributed by atoms with Crippen LogP contribution >= 0.6 is 0 Å². The van der Waals surface area contributed by atoms with Gasteiger partial charge in [0.05, 0.1) is 0 Å². The van der Waals surface area contributed by atoms with Crippen molar-refractivity contribution < 1.29 is 4.79 Å². The number of carbonyl (C=O) groups excluding carboxylic acids is 1. The van der Waals surface area contributed by atoms with Crippen LogP contribution < -0.4 is 0 Å². The Balaban J connectivity index is 2.69. The lowest BCUT2D eigenvalue weighted by atomic mass is 9.77. The van der Waals surface area contributed by atoms with Crippen LogP contribution in [-0.4, -0.2) is 23.4 Å². The quantitative estimate of drug-likeness (QED) is 0.584. The zero-order valence-corrected chi connectivity index (χ0v) is 10.3. The summed E-state index contributed by atoms with van der Waals surface area (Å²) in [5.41, 5.74) is -0.0108. The summed E-state index contributed by atoms with van der Waals surface area (Å²) in [7, 11) is 0. The van der Waals surface area contributed by atoms with E-state index >= 15 is 0 Å². The molecule has 1 aliphatic heterocycles. The minimum Gasteiger partial charge on any atom is -0.339 e. The van der Waals surface area contributed by atoms with Gasteiger partial charge < -0.3 is 4.90 Å². The van der Waals surface area contributed by atoms with Crippen molar-refractivity contribution in [3.63, 3.8) is 0 Å². The van der Waals surface area contributed by atoms with Crippen molar-refractivity contribution >= 4 is 5.91 Å². The van der Waals surface area contributed by atoms with Gasteiger partial charge in [-0.15, -0.1) is 0 Å². The number of hydrogen-bond acceptors (Lipinski definition) is 1. The van der Waals surface area contributed by atoms with Crippen molar-refractivity contribution in [3.05, 3.63) is 0 Å². The summed E-state index contributed by atoms with van der Waals surface area (Å²) in [6, 6.07) is 0.439. The van der Waals surface area contributed by atoms with Gasteiger partial charge >= 0.3 is 0 Å². The zero-order chi connectivity index (χ0) is 11.1. The number of rotatable bonds is 0. The molecule has 1 amide bonds. The van der Waals surface area contributed by atoms with Crippen LogP contribution in [0.2, 0.25) is 0 Å². The Bertz CT molecular complexity index is 232. The molecule has 0 spiro atoms. The van der Waals surface area contributed by atoms with E-state index in [2.05, 4.69) is 20.8 Å². The summed E-state index contributed by atoms with van der Waals surface area (Å²) in [5, 5.41) is 0. The Hall–Kier alpha value is -0.530. The van der Waals surface area contributed by atoms with Crippen molar-refractivity contribution in [1.82, 2.24) is 4.90 Å². The van der Waals surface area contributed by atoms with Crippen molar-refractivity contribution in [3.8, 4) is 0 Å². The van der Waals surface area contributed by atoms with E-state index in [9.17, 15) is 4.79 Å². The molecule has 82 valence electrons. The lowest BCUT2D eigenvalue weighted by Gasteiger charge is -2.50. The smallest absolute Gasteiger partial charge is 0.228 e. The summed E-state index contributed by atoms with van der Waals surface area (Å²) < 4.78 is 0. The Morgan fingerprint density at radius 3 is 1.86 bits per heavy atom. The van der Waals surface area contributed by atoms with E-state index in [1.54, 1.807) is 0 Å². The standard InChI is InChI=1S/C12H23NO/c1-11(2,3)9-7-8-13(9)10(14)12(4,5)6/h9H,7-8H2,1-6H3. The molecular formula is C12H23NO. The molecule has 0 radical (unpaired) electrons. The first-order valence-electron chi connectivity index (χ1n) is 5.45. The van der Waals surface area contributed by atoms with Crippen molar-refractivity contribution in [1.29, 1.82) is 0 Å². The van der Waals surface area contributed by atoms with E-state index in [0.29, 0.717) is 11.9 Å². The van der Waals surface area contributed by atoms with Crippen LogP contribution in [0.3, 0.4) is 0 Å². The summed E-state index contributed by atoms with van der Waals surface area (Å²) in [6.07, 6.45) is 1.16. The lowest BCUT2D eigenvalue weighted by molar-refractivity contribution is -0.152. The summed E-state index contributed by atoms with van der Waals surface area (Å²) in [4.78, 5) is 14.1. The molecule has 0 aliphatic carbocycles. The maximum absolute atomic E-state index is 12.0. The highest BCUT2D eigenvalue weighted by molar-refractivity contribution is 5.82. The van der Waals surface area contributed by atoms with E-state index in [4.69, 9.17) is 0 Å². The largest absolute Gasteiger partial charge is 0.339 e. The number of carbonyl (C=O) groups is 1. The summed E-state index contributed by atoms with van der Waals surface area (Å²) in [5.74, 6) is 0.295. The van der Waals surface area contributed by atoms with Gasteiger partial charge in [0.2, 0.25) is 5.91 Å². The SMILES string of the molecule is CC(C)(C)C(=O)N1CCC1C(C)(C)C. The van der Waals surface area contributed by atoms with Crippen LogP contribution in [0.25, 0.3) is 0 Å². The van der Waals surface area contributed by atoms with Crippen molar-refractivity contribution in [2.45, 2.75) is 54.0 Å². The Kier molecular flexibility index (Phi) is 2.68. The predicted octanol–water partition coefficient (Wildman–Crippen LogP) is 2.68. The average Bonchev–Trinajstić information content (AvgIpc) is 1.77. The maximum atomic E-state index is 12.0. The highest BCUT2D eigenvalue weighted by Crippen LogP contribution is 2.36. The van der Waals surface area contributed by atoms with Crippen LogP contribution in [0, 0.1) is 10.8 Å². The van der Waals surface area contributed by atoms with Crippen LogP contribution in [0.1, 0.15) is 48.0 Å². The second-order valence-electron chi connectivity index (χ2n) is 6.42. The molecule has 0 N–H and O–H groups in total. The molecule has 0 aromatic heterocycles. The molecule has 1 atom stereocenters. The maximum Gasteiger partial charge on any atom is 0.228 e. The van der Waals surface area contributed by atoms with E-state index in [1.165, 1.54) is 0 Å². The first-order chi connectivity index (χ1) is 6.14. The molecule has 0 aromatic carbocycles. The Morgan fingerprint density at radius 2 is 1.64 bits per heavy atom. The second kappa shape index (κ2) is 3.25. The zero-order valence-electron chi connectivity index (χ0n) is 10.3. The molecular weight excluding hydrogens is 174 g/mol. The molecule has 1 rings (SSSR count). The summed E-state index contributed by atoms with van der Waals surface area (Å²) >= 11 is 0. The fraction of sp³-hybridized carbons (Fsp3) is 0.917. The monoisotopic (exact) mass is 197 g/mol. The highest BCUT2D eigenvalue weighted by Gasteiger charge is 2.42. The van der Waals surface area contributed by atoms with Gasteiger partial charge in [0, 0.05) is 18.0 Å². The third-order valence-corrected chi connectivity index (χ3v) is 2.92. The Morgan fingerprint density at radius 1 is 1.14 bits per heavy atom. The van der Waals surface area contributed by atoms with Gasteiger partial charge in [-0.25, -0.2) is 0 Å². The van der Waals surface area contributed by atoms with E-state index in [-0.39, 0.29) is 10.8 Å². The fourth-order valence-corrected chi connectivity index (χ4v) is 1.96. The van der Waals surface area contributed by atoms with Gasteiger partial charge in [-0.2, -0.15) is 0 Å². The number of hydrogen-bond donors (Lipinski definition) is 0. The topological polar surface area (TPSA) is 20.3 Å². The molecule has 1 heterocycles. The molecule has 1 unspecified atom stereocenters. The Labute approximate surface area is 87.7 Å². The third-order valence-electron chi connectivity index (χ3n) is 2.92. The molecule has 0 bridgehead atoms. The first-order valence-corrected chi connectivity index (χ1v) is 5.45. The molecule has 14 heavy (non-hydrogen) atoms. The highest BCUT2D eigenvalue weighted by atomic mass is 16.2. The van der Waals surface area contributed by atoms with Crippen molar-refractivity contribution in [2.24, 2.45) is 10.8 Å². The fourth-order valence-electron chi connectivity index (χ4n) is 1.96. The predicted molar refractivity (Wildman–Crippen MR) is 59.0 cm³/mol. The molecule has 2 heteroatoms. The van der Waals surface area contributed by atoms with Crippen LogP contribution in [0.5, 0.6) is 0 Å². The van der Waals surface area contributed by atoms with E-state index in [1.807, 2.05) is 25.7 Å². The lowest BCUT2D eigenvalue weighted by Crippen LogP contribution is -2.59. The van der Waals surface area contributed by atoms with Gasteiger partial charge in [0.25, 0.3) is 0 Å². The molecule has 0 aromatic rings. The minimum atomic E-state index is -0.232. The van der Waals surface area contributed by atoms with Crippen molar-refractivity contribution in [2.75, 3.05) is 6.54 Å². The number of likely N-dealkylation sites (tertiary alicyclic amines) is 1. The van der Waals surface area contributed by atoms with Gasteiger partial charge in [-0.1, -0.05) is 41.5 Å². The van der Waals surface area contributed by atoms with Gasteiger partial charge in [0.15, 0.2) is 0 Å². The van der Waals surface area contributed by atoms with Crippen LogP contribution in [0.4, 0.5) is 0 Å². The minimum absolute atomic E-state index is 0.221. The normalized spacial score (nSPS) is 23.3. The van der Waals surface area contributed by atoms with Crippen LogP contribution in [-0.2, 0) is 4.79 Å². The van der Waals surface area contributed by atoms with Crippen LogP contribution in [0.15, 0.2) is 0 Å². The van der Waals surface area contributed by atoms with Gasteiger partial charge in [-0.3, -0.25) is 4.79 Å². The molecule has 1 fully saturated rings. The van der Waals surface area contributed by atoms with Gasteiger partial charge in [-0.05, 0) is 11.8 Å². The van der Waals surface area contributed by atoms with E-state index < -0.39 is 0 Å². The molecule has 1 aliphatic rings. The molecule has 1 saturated heterocycles. The van der Waals surface area contributed by atoms with Gasteiger partial charge in [0.1, 0.15) is 0 Å². The second-order valence-corrected chi connectivity index (χ2v) is 6.42.